The summed E-state index contributed by atoms with van der Waals surface area (Å²) in [5.41, 5.74) is 0.314. The summed E-state index contributed by atoms with van der Waals surface area (Å²) in [6, 6.07) is 3.86. The topological polar surface area (TPSA) is 40.6 Å². The Kier molecular flexibility index (Phi) is 3.74. The molecule has 5 heteroatoms. The van der Waals surface area contributed by atoms with E-state index >= 15 is 0 Å². The van der Waals surface area contributed by atoms with E-state index in [1.54, 1.807) is 6.20 Å². The molecule has 0 bridgehead atoms. The number of hydrogen-bond acceptors (Lipinski definition) is 4. The van der Waals surface area contributed by atoms with Crippen molar-refractivity contribution in [3.05, 3.63) is 18.3 Å². The molecule has 1 saturated carbocycles. The molecule has 4 nitrogen and oxygen atoms in total. The minimum Gasteiger partial charge on any atom is -0.477 e. The van der Waals surface area contributed by atoms with E-state index in [4.69, 9.17) is 14.0 Å². The number of hydrogen-bond donors (Lipinski definition) is 0. The number of aromatic nitrogens is 1. The molecule has 1 aliphatic heterocycles. The van der Waals surface area contributed by atoms with Gasteiger partial charge in [-0.3, -0.25) is 0 Å². The normalized spacial score (nSPS) is 23.9. The molecular formula is C16H24BNO3. The molecule has 2 aliphatic rings. The lowest BCUT2D eigenvalue weighted by Crippen LogP contribution is -2.41. The third-order valence-electron chi connectivity index (χ3n) is 4.98. The highest BCUT2D eigenvalue weighted by Gasteiger charge is 2.51. The number of rotatable bonds is 4. The maximum Gasteiger partial charge on any atom is 0.495 e. The van der Waals surface area contributed by atoms with Crippen molar-refractivity contribution in [2.45, 2.75) is 58.2 Å². The van der Waals surface area contributed by atoms with E-state index < -0.39 is 0 Å². The average molecular weight is 289 g/mol. The minimum atomic E-state index is -0.357. The van der Waals surface area contributed by atoms with Gasteiger partial charge in [0.2, 0.25) is 5.88 Å². The zero-order valence-electron chi connectivity index (χ0n) is 13.4. The van der Waals surface area contributed by atoms with Gasteiger partial charge in [0.05, 0.1) is 17.8 Å². The molecule has 3 rings (SSSR count). The van der Waals surface area contributed by atoms with E-state index in [-0.39, 0.29) is 18.3 Å². The Morgan fingerprint density at radius 2 is 1.90 bits per heavy atom. The first kappa shape index (κ1) is 14.9. The molecule has 1 aromatic rings. The van der Waals surface area contributed by atoms with E-state index in [0.717, 1.165) is 12.1 Å². The van der Waals surface area contributed by atoms with E-state index in [0.29, 0.717) is 11.8 Å². The van der Waals surface area contributed by atoms with Crippen LogP contribution in [0.15, 0.2) is 18.3 Å². The highest BCUT2D eigenvalue weighted by molar-refractivity contribution is 6.62. The molecule has 1 aromatic heterocycles. The molecule has 0 radical (unpaired) electrons. The van der Waals surface area contributed by atoms with Crippen molar-refractivity contribution in [1.82, 2.24) is 4.98 Å². The molecule has 114 valence electrons. The molecule has 21 heavy (non-hydrogen) atoms. The standard InChI is InChI=1S/C16H24BNO3/c1-15(2)16(3,4)21-17(20-15)13-8-9-18-14(10-13)19-11-12-6-5-7-12/h8-10,12H,5-7,11H2,1-4H3. The molecule has 0 amide bonds. The number of ether oxygens (including phenoxy) is 1. The molecule has 0 unspecified atom stereocenters. The molecule has 2 fully saturated rings. The molecule has 0 spiro atoms. The van der Waals surface area contributed by atoms with E-state index in [2.05, 4.69) is 32.7 Å². The van der Waals surface area contributed by atoms with Gasteiger partial charge in [-0.2, -0.15) is 0 Å². The summed E-state index contributed by atoms with van der Waals surface area (Å²) in [5.74, 6) is 1.36. The lowest BCUT2D eigenvalue weighted by atomic mass is 9.80. The van der Waals surface area contributed by atoms with Crippen LogP contribution in [-0.4, -0.2) is 29.9 Å². The van der Waals surface area contributed by atoms with Gasteiger partial charge in [0, 0.05) is 12.3 Å². The molecule has 2 heterocycles. The Morgan fingerprint density at radius 1 is 1.24 bits per heavy atom. The second-order valence-corrected chi connectivity index (χ2v) is 7.12. The smallest absolute Gasteiger partial charge is 0.477 e. The number of nitrogens with zero attached hydrogens (tertiary/aromatic N) is 1. The summed E-state index contributed by atoms with van der Waals surface area (Å²) in [7, 11) is -0.357. The SMILES string of the molecule is CC1(C)OB(c2ccnc(OCC3CCC3)c2)OC1(C)C. The third-order valence-corrected chi connectivity index (χ3v) is 4.98. The zero-order valence-corrected chi connectivity index (χ0v) is 13.4. The highest BCUT2D eigenvalue weighted by Crippen LogP contribution is 2.36. The van der Waals surface area contributed by atoms with Gasteiger partial charge in [0.25, 0.3) is 0 Å². The summed E-state index contributed by atoms with van der Waals surface area (Å²) >= 11 is 0. The van der Waals surface area contributed by atoms with Crippen LogP contribution < -0.4 is 10.2 Å². The van der Waals surface area contributed by atoms with Crippen molar-refractivity contribution < 1.29 is 14.0 Å². The molecule has 0 aromatic carbocycles. The quantitative estimate of drug-likeness (QED) is 0.799. The van der Waals surface area contributed by atoms with Gasteiger partial charge in [0.15, 0.2) is 0 Å². The summed E-state index contributed by atoms with van der Waals surface area (Å²) in [6.07, 6.45) is 5.64. The van der Waals surface area contributed by atoms with Crippen LogP contribution >= 0.6 is 0 Å². The van der Waals surface area contributed by atoms with Gasteiger partial charge in [-0.25, -0.2) is 4.98 Å². The molecule has 1 saturated heterocycles. The average Bonchev–Trinajstić information content (AvgIpc) is 2.57. The van der Waals surface area contributed by atoms with Gasteiger partial charge < -0.3 is 14.0 Å². The van der Waals surface area contributed by atoms with Gasteiger partial charge in [-0.05, 0) is 58.0 Å². The fraction of sp³-hybridized carbons (Fsp3) is 0.688. The third kappa shape index (κ3) is 2.95. The summed E-state index contributed by atoms with van der Waals surface area (Å²) < 4.78 is 17.9. The predicted molar refractivity (Wildman–Crippen MR) is 82.8 cm³/mol. The first-order valence-electron chi connectivity index (χ1n) is 7.82. The van der Waals surface area contributed by atoms with Crippen LogP contribution in [0.4, 0.5) is 0 Å². The van der Waals surface area contributed by atoms with Crippen molar-refractivity contribution in [2.24, 2.45) is 5.92 Å². The highest BCUT2D eigenvalue weighted by atomic mass is 16.7. The first-order chi connectivity index (χ1) is 9.87. The van der Waals surface area contributed by atoms with E-state index in [1.807, 2.05) is 12.1 Å². The lowest BCUT2D eigenvalue weighted by molar-refractivity contribution is 0.00578. The van der Waals surface area contributed by atoms with Crippen LogP contribution in [0, 0.1) is 5.92 Å². The summed E-state index contributed by atoms with van der Waals surface area (Å²) in [4.78, 5) is 4.28. The molecule has 1 aliphatic carbocycles. The Morgan fingerprint density at radius 3 is 2.48 bits per heavy atom. The summed E-state index contributed by atoms with van der Waals surface area (Å²) in [6.45, 7) is 8.99. The Bertz CT molecular complexity index is 498. The maximum atomic E-state index is 6.06. The Balaban J connectivity index is 1.68. The van der Waals surface area contributed by atoms with E-state index in [1.165, 1.54) is 19.3 Å². The van der Waals surface area contributed by atoms with Gasteiger partial charge in [0.1, 0.15) is 0 Å². The van der Waals surface area contributed by atoms with Gasteiger partial charge in [-0.1, -0.05) is 6.42 Å². The van der Waals surface area contributed by atoms with Crippen molar-refractivity contribution in [3.8, 4) is 5.88 Å². The monoisotopic (exact) mass is 289 g/mol. The molecule has 0 atom stereocenters. The first-order valence-corrected chi connectivity index (χ1v) is 7.82. The van der Waals surface area contributed by atoms with Crippen LogP contribution in [0.2, 0.25) is 0 Å². The maximum absolute atomic E-state index is 6.06. The Labute approximate surface area is 127 Å². The van der Waals surface area contributed by atoms with Crippen LogP contribution in [0.5, 0.6) is 5.88 Å². The predicted octanol–water partition coefficient (Wildman–Crippen LogP) is 2.56. The summed E-state index contributed by atoms with van der Waals surface area (Å²) in [5, 5.41) is 0. The fourth-order valence-corrected chi connectivity index (χ4v) is 2.49. The molecule has 0 N–H and O–H groups in total. The Hall–Kier alpha value is -1.07. The number of pyridine rings is 1. The van der Waals surface area contributed by atoms with Crippen molar-refractivity contribution in [1.29, 1.82) is 0 Å². The molecular weight excluding hydrogens is 265 g/mol. The fourth-order valence-electron chi connectivity index (χ4n) is 2.49. The van der Waals surface area contributed by atoms with Crippen molar-refractivity contribution in [2.75, 3.05) is 6.61 Å². The van der Waals surface area contributed by atoms with Gasteiger partial charge >= 0.3 is 7.12 Å². The van der Waals surface area contributed by atoms with Crippen molar-refractivity contribution in [3.63, 3.8) is 0 Å². The second kappa shape index (κ2) is 5.29. The van der Waals surface area contributed by atoms with Crippen LogP contribution in [0.3, 0.4) is 0 Å². The minimum absolute atomic E-state index is 0.326. The lowest BCUT2D eigenvalue weighted by Gasteiger charge is -2.32. The van der Waals surface area contributed by atoms with Crippen LogP contribution in [0.1, 0.15) is 47.0 Å². The van der Waals surface area contributed by atoms with Crippen LogP contribution in [-0.2, 0) is 9.31 Å². The van der Waals surface area contributed by atoms with Crippen molar-refractivity contribution >= 4 is 12.6 Å². The van der Waals surface area contributed by atoms with E-state index in [9.17, 15) is 0 Å². The van der Waals surface area contributed by atoms with Crippen LogP contribution in [0.25, 0.3) is 0 Å². The zero-order chi connectivity index (χ0) is 15.1. The largest absolute Gasteiger partial charge is 0.495 e. The second-order valence-electron chi connectivity index (χ2n) is 7.12. The van der Waals surface area contributed by atoms with Gasteiger partial charge in [-0.15, -0.1) is 0 Å².